The molecule has 0 aromatic heterocycles. The molecule has 8 heteroatoms. The maximum atomic E-state index is 13.4. The molecule has 2 aromatic rings. The quantitative estimate of drug-likeness (QED) is 0.348. The maximum absolute atomic E-state index is 13.4. The van der Waals surface area contributed by atoms with E-state index in [0.717, 1.165) is 36.8 Å². The zero-order valence-corrected chi connectivity index (χ0v) is 22.5. The number of benzene rings is 2. The Balaban J connectivity index is 1.74. The van der Waals surface area contributed by atoms with E-state index in [1.807, 2.05) is 37.3 Å². The third-order valence-electron chi connectivity index (χ3n) is 6.13. The van der Waals surface area contributed by atoms with Gasteiger partial charge in [-0.1, -0.05) is 85.3 Å². The van der Waals surface area contributed by atoms with Gasteiger partial charge >= 0.3 is 0 Å². The monoisotopic (exact) mass is 540 g/mol. The molecule has 0 aliphatic heterocycles. The van der Waals surface area contributed by atoms with E-state index < -0.39 is 6.04 Å². The highest BCUT2D eigenvalue weighted by Crippen LogP contribution is 2.26. The van der Waals surface area contributed by atoms with E-state index in [2.05, 4.69) is 5.32 Å². The lowest BCUT2D eigenvalue weighted by molar-refractivity contribution is -0.139. The molecule has 2 amide bonds. The molecule has 34 heavy (non-hydrogen) atoms. The molecule has 1 saturated carbocycles. The molecule has 2 aromatic carbocycles. The number of amides is 2. The van der Waals surface area contributed by atoms with E-state index in [0.29, 0.717) is 27.2 Å². The van der Waals surface area contributed by atoms with E-state index >= 15 is 0 Å². The molecule has 0 unspecified atom stereocenters. The summed E-state index contributed by atoms with van der Waals surface area (Å²) in [5.41, 5.74) is 1.75. The summed E-state index contributed by atoms with van der Waals surface area (Å²) >= 11 is 20.2. The smallest absolute Gasteiger partial charge is 0.243 e. The Kier molecular flexibility index (Phi) is 10.9. The summed E-state index contributed by atoms with van der Waals surface area (Å²) in [5, 5.41) is 4.89. The lowest BCUT2D eigenvalue weighted by Crippen LogP contribution is -2.52. The van der Waals surface area contributed by atoms with Crippen molar-refractivity contribution in [3.05, 3.63) is 68.7 Å². The van der Waals surface area contributed by atoms with E-state index in [1.165, 1.54) is 18.2 Å². The predicted octanol–water partition coefficient (Wildman–Crippen LogP) is 7.14. The molecule has 1 atom stereocenters. The van der Waals surface area contributed by atoms with Gasteiger partial charge in [0, 0.05) is 33.4 Å². The van der Waals surface area contributed by atoms with Crippen LogP contribution in [0.25, 0.3) is 0 Å². The Morgan fingerprint density at radius 1 is 1.03 bits per heavy atom. The van der Waals surface area contributed by atoms with Gasteiger partial charge in [-0.05, 0) is 48.6 Å². The third kappa shape index (κ3) is 7.81. The van der Waals surface area contributed by atoms with Gasteiger partial charge in [0.15, 0.2) is 0 Å². The Labute approximate surface area is 221 Å². The van der Waals surface area contributed by atoms with Gasteiger partial charge in [-0.2, -0.15) is 0 Å². The average molecular weight is 542 g/mol. The minimum absolute atomic E-state index is 0.0936. The first-order valence-corrected chi connectivity index (χ1v) is 14.0. The fraction of sp³-hybridized carbons (Fsp3) is 0.462. The van der Waals surface area contributed by atoms with Crippen LogP contribution in [0.2, 0.25) is 15.1 Å². The first-order valence-electron chi connectivity index (χ1n) is 11.7. The standard InChI is InChI=1S/C26H31Cl3N2O2S/c1-2-24(26(33)30-21-9-4-3-5-10-21)31(15-18-12-13-20(27)14-23(18)29)25(32)17-34-16-19-8-6-7-11-22(19)28/h6-8,11-14,21,24H,2-5,9-10,15-17H2,1H3,(H,30,33)/t24-/m1/s1. The molecule has 0 spiro atoms. The van der Waals surface area contributed by atoms with Crippen LogP contribution in [0.1, 0.15) is 56.6 Å². The highest BCUT2D eigenvalue weighted by molar-refractivity contribution is 7.99. The van der Waals surface area contributed by atoms with Crippen LogP contribution >= 0.6 is 46.6 Å². The van der Waals surface area contributed by atoms with Gasteiger partial charge in [-0.3, -0.25) is 9.59 Å². The van der Waals surface area contributed by atoms with Crippen LogP contribution in [0, 0.1) is 0 Å². The summed E-state index contributed by atoms with van der Waals surface area (Å²) < 4.78 is 0. The molecule has 1 aliphatic carbocycles. The van der Waals surface area contributed by atoms with Crippen molar-refractivity contribution in [3.8, 4) is 0 Å². The predicted molar refractivity (Wildman–Crippen MR) is 144 cm³/mol. The summed E-state index contributed by atoms with van der Waals surface area (Å²) in [4.78, 5) is 28.4. The normalized spacial score (nSPS) is 15.1. The van der Waals surface area contributed by atoms with E-state index in [9.17, 15) is 9.59 Å². The lowest BCUT2D eigenvalue weighted by atomic mass is 9.95. The van der Waals surface area contributed by atoms with Crippen LogP contribution in [-0.2, 0) is 21.9 Å². The van der Waals surface area contributed by atoms with Crippen molar-refractivity contribution in [2.75, 3.05) is 5.75 Å². The van der Waals surface area contributed by atoms with Gasteiger partial charge in [0.25, 0.3) is 0 Å². The second kappa shape index (κ2) is 13.6. The van der Waals surface area contributed by atoms with Crippen LogP contribution in [0.5, 0.6) is 0 Å². The molecule has 4 nitrogen and oxygen atoms in total. The summed E-state index contributed by atoms with van der Waals surface area (Å²) in [7, 11) is 0. The molecule has 1 N–H and O–H groups in total. The summed E-state index contributed by atoms with van der Waals surface area (Å²) in [5.74, 6) is 0.660. The fourth-order valence-electron chi connectivity index (χ4n) is 4.24. The van der Waals surface area contributed by atoms with Crippen molar-refractivity contribution in [3.63, 3.8) is 0 Å². The summed E-state index contributed by atoms with van der Waals surface area (Å²) in [6, 6.07) is 12.5. The van der Waals surface area contributed by atoms with Gasteiger partial charge in [-0.25, -0.2) is 0 Å². The fourth-order valence-corrected chi connectivity index (χ4v) is 5.91. The average Bonchev–Trinajstić information content (AvgIpc) is 2.82. The Morgan fingerprint density at radius 3 is 2.44 bits per heavy atom. The highest BCUT2D eigenvalue weighted by Gasteiger charge is 2.30. The van der Waals surface area contributed by atoms with Crippen molar-refractivity contribution in [2.24, 2.45) is 0 Å². The van der Waals surface area contributed by atoms with Crippen molar-refractivity contribution < 1.29 is 9.59 Å². The molecular formula is C26H31Cl3N2O2S. The number of thioether (sulfide) groups is 1. The van der Waals surface area contributed by atoms with Crippen LogP contribution in [0.4, 0.5) is 0 Å². The molecule has 0 bridgehead atoms. The van der Waals surface area contributed by atoms with Crippen LogP contribution in [0.15, 0.2) is 42.5 Å². The Bertz CT molecular complexity index is 982. The van der Waals surface area contributed by atoms with Gasteiger partial charge in [0.05, 0.1) is 5.75 Å². The molecule has 184 valence electrons. The first-order chi connectivity index (χ1) is 16.4. The number of carbonyl (C=O) groups is 2. The number of hydrogen-bond acceptors (Lipinski definition) is 3. The van der Waals surface area contributed by atoms with Crippen molar-refractivity contribution in [1.82, 2.24) is 10.2 Å². The summed E-state index contributed by atoms with van der Waals surface area (Å²) in [6.45, 7) is 2.18. The number of hydrogen-bond donors (Lipinski definition) is 1. The molecule has 0 saturated heterocycles. The number of halogens is 3. The van der Waals surface area contributed by atoms with Crippen molar-refractivity contribution in [2.45, 2.75) is 69.8 Å². The molecular weight excluding hydrogens is 511 g/mol. The zero-order chi connectivity index (χ0) is 24.5. The number of carbonyl (C=O) groups excluding carboxylic acids is 2. The number of nitrogens with zero attached hydrogens (tertiary/aromatic N) is 1. The minimum atomic E-state index is -0.568. The maximum Gasteiger partial charge on any atom is 0.243 e. The van der Waals surface area contributed by atoms with Gasteiger partial charge in [-0.15, -0.1) is 11.8 Å². The van der Waals surface area contributed by atoms with Gasteiger partial charge < -0.3 is 10.2 Å². The minimum Gasteiger partial charge on any atom is -0.352 e. The lowest BCUT2D eigenvalue weighted by Gasteiger charge is -2.33. The molecule has 3 rings (SSSR count). The Hall–Kier alpha value is -1.40. The second-order valence-corrected chi connectivity index (χ2v) is 10.8. The topological polar surface area (TPSA) is 49.4 Å². The number of rotatable bonds is 10. The van der Waals surface area contributed by atoms with Crippen molar-refractivity contribution >= 4 is 58.4 Å². The zero-order valence-electron chi connectivity index (χ0n) is 19.4. The summed E-state index contributed by atoms with van der Waals surface area (Å²) in [6.07, 6.45) is 5.98. The molecule has 0 radical (unpaired) electrons. The van der Waals surface area contributed by atoms with Gasteiger partial charge in [0.1, 0.15) is 6.04 Å². The SMILES string of the molecule is CC[C@H](C(=O)NC1CCCCC1)N(Cc1ccc(Cl)cc1Cl)C(=O)CSCc1ccccc1Cl. The number of nitrogens with one attached hydrogen (secondary N) is 1. The molecule has 1 aliphatic rings. The highest BCUT2D eigenvalue weighted by atomic mass is 35.5. The Morgan fingerprint density at radius 2 is 1.76 bits per heavy atom. The van der Waals surface area contributed by atoms with Crippen LogP contribution in [-0.4, -0.2) is 34.6 Å². The van der Waals surface area contributed by atoms with Crippen molar-refractivity contribution in [1.29, 1.82) is 0 Å². The molecule has 1 fully saturated rings. The first kappa shape index (κ1) is 27.2. The van der Waals surface area contributed by atoms with Crippen LogP contribution in [0.3, 0.4) is 0 Å². The van der Waals surface area contributed by atoms with E-state index in [4.69, 9.17) is 34.8 Å². The van der Waals surface area contributed by atoms with E-state index in [-0.39, 0.29) is 30.2 Å². The second-order valence-electron chi connectivity index (χ2n) is 8.61. The van der Waals surface area contributed by atoms with Gasteiger partial charge in [0.2, 0.25) is 11.8 Å². The van der Waals surface area contributed by atoms with E-state index in [1.54, 1.807) is 17.0 Å². The largest absolute Gasteiger partial charge is 0.352 e. The molecule has 0 heterocycles. The van der Waals surface area contributed by atoms with Crippen LogP contribution < -0.4 is 5.32 Å². The third-order valence-corrected chi connectivity index (χ3v) is 8.06.